The third kappa shape index (κ3) is 4.61. The molecule has 0 atom stereocenters. The number of anilines is 2. The summed E-state index contributed by atoms with van der Waals surface area (Å²) in [5, 5.41) is 13.1. The molecule has 1 aromatic heterocycles. The van der Waals surface area contributed by atoms with Gasteiger partial charge in [0.15, 0.2) is 5.76 Å². The van der Waals surface area contributed by atoms with E-state index in [1.54, 1.807) is 31.2 Å². The fourth-order valence-electron chi connectivity index (χ4n) is 2.63. The van der Waals surface area contributed by atoms with E-state index in [-0.39, 0.29) is 16.3 Å². The van der Waals surface area contributed by atoms with Crippen LogP contribution < -0.4 is 10.0 Å². The van der Waals surface area contributed by atoms with E-state index in [1.165, 1.54) is 18.2 Å². The number of rotatable bonds is 6. The zero-order valence-corrected chi connectivity index (χ0v) is 16.3. The van der Waals surface area contributed by atoms with Crippen LogP contribution >= 0.6 is 0 Å². The van der Waals surface area contributed by atoms with Crippen LogP contribution in [0.5, 0.6) is 0 Å². The lowest BCUT2D eigenvalue weighted by Gasteiger charge is -2.13. The number of nitro groups is 1. The summed E-state index contributed by atoms with van der Waals surface area (Å²) in [6.45, 7) is 3.48. The number of sulfonamides is 1. The smallest absolute Gasteiger partial charge is 0.395 e. The number of nitrogens with one attached hydrogen (secondary N) is 2. The van der Waals surface area contributed by atoms with Crippen LogP contribution in [0.2, 0.25) is 0 Å². The van der Waals surface area contributed by atoms with Gasteiger partial charge in [-0.25, -0.2) is 8.42 Å². The quantitative estimate of drug-likeness (QED) is 0.464. The average Bonchev–Trinajstić information content (AvgIpc) is 3.13. The third-order valence-electron chi connectivity index (χ3n) is 4.00. The Morgan fingerprint density at radius 3 is 2.45 bits per heavy atom. The molecule has 0 unspecified atom stereocenters. The first kappa shape index (κ1) is 20.1. The Balaban J connectivity index is 1.85. The van der Waals surface area contributed by atoms with Crippen LogP contribution in [-0.2, 0) is 10.0 Å². The molecule has 1 amide bonds. The molecule has 2 N–H and O–H groups in total. The second kappa shape index (κ2) is 7.76. The van der Waals surface area contributed by atoms with Crippen molar-refractivity contribution in [3.8, 4) is 0 Å². The highest BCUT2D eigenvalue weighted by Gasteiger charge is 2.20. The first-order chi connectivity index (χ1) is 13.7. The van der Waals surface area contributed by atoms with E-state index in [4.69, 9.17) is 4.42 Å². The van der Waals surface area contributed by atoms with E-state index in [2.05, 4.69) is 10.0 Å². The Morgan fingerprint density at radius 1 is 1.03 bits per heavy atom. The van der Waals surface area contributed by atoms with Crippen molar-refractivity contribution >= 4 is 33.2 Å². The molecular weight excluding hydrogens is 398 g/mol. The van der Waals surface area contributed by atoms with Crippen molar-refractivity contribution in [2.45, 2.75) is 18.7 Å². The van der Waals surface area contributed by atoms with E-state index in [0.29, 0.717) is 11.3 Å². The minimum absolute atomic E-state index is 0.0118. The van der Waals surface area contributed by atoms with Gasteiger partial charge in [-0.05, 0) is 55.3 Å². The lowest BCUT2D eigenvalue weighted by molar-refractivity contribution is -0.402. The predicted molar refractivity (Wildman–Crippen MR) is 106 cm³/mol. The topological polar surface area (TPSA) is 132 Å². The summed E-state index contributed by atoms with van der Waals surface area (Å²) in [6, 6.07) is 13.5. The number of carbonyl (C=O) groups excluding carboxylic acids is 1. The standard InChI is InChI=1S/C19H17N3O6S/c1-12-4-3-5-15(10-12)21-29(26,27)17-11-14(7-6-13(17)2)20-19(23)16-8-9-18(28-16)22(24)25/h3-11,21H,1-2H3,(H,20,23). The summed E-state index contributed by atoms with van der Waals surface area (Å²) in [4.78, 5) is 22.1. The number of benzene rings is 2. The zero-order chi connectivity index (χ0) is 21.2. The molecule has 0 aliphatic carbocycles. The molecule has 0 bridgehead atoms. The fraction of sp³-hybridized carbons (Fsp3) is 0.105. The van der Waals surface area contributed by atoms with Crippen molar-refractivity contribution in [3.05, 3.63) is 81.6 Å². The van der Waals surface area contributed by atoms with Crippen molar-refractivity contribution in [3.63, 3.8) is 0 Å². The van der Waals surface area contributed by atoms with Gasteiger partial charge in [0.2, 0.25) is 0 Å². The Kier molecular flexibility index (Phi) is 5.37. The molecule has 0 fully saturated rings. The van der Waals surface area contributed by atoms with Crippen LogP contribution in [0.1, 0.15) is 21.7 Å². The average molecular weight is 415 g/mol. The monoisotopic (exact) mass is 415 g/mol. The molecule has 150 valence electrons. The molecular formula is C19H17N3O6S. The Hall–Kier alpha value is -3.66. The molecule has 29 heavy (non-hydrogen) atoms. The van der Waals surface area contributed by atoms with Crippen molar-refractivity contribution in [1.29, 1.82) is 0 Å². The van der Waals surface area contributed by atoms with Crippen molar-refractivity contribution in [1.82, 2.24) is 0 Å². The van der Waals surface area contributed by atoms with E-state index in [9.17, 15) is 23.3 Å². The molecule has 0 saturated heterocycles. The van der Waals surface area contributed by atoms with E-state index in [0.717, 1.165) is 11.6 Å². The highest BCUT2D eigenvalue weighted by molar-refractivity contribution is 7.92. The summed E-state index contributed by atoms with van der Waals surface area (Å²) in [5.74, 6) is -1.57. The molecule has 9 nitrogen and oxygen atoms in total. The lowest BCUT2D eigenvalue weighted by atomic mass is 10.2. The van der Waals surface area contributed by atoms with E-state index < -0.39 is 26.7 Å². The van der Waals surface area contributed by atoms with Gasteiger partial charge in [-0.15, -0.1) is 0 Å². The van der Waals surface area contributed by atoms with Crippen LogP contribution in [0.25, 0.3) is 0 Å². The van der Waals surface area contributed by atoms with Gasteiger partial charge in [0.05, 0.1) is 11.0 Å². The number of furan rings is 1. The summed E-state index contributed by atoms with van der Waals surface area (Å²) in [7, 11) is -3.90. The number of nitrogens with zero attached hydrogens (tertiary/aromatic N) is 1. The molecule has 0 radical (unpaired) electrons. The zero-order valence-electron chi connectivity index (χ0n) is 15.5. The van der Waals surface area contributed by atoms with Crippen LogP contribution in [0.4, 0.5) is 17.3 Å². The minimum Gasteiger partial charge on any atom is -0.395 e. The first-order valence-corrected chi connectivity index (χ1v) is 9.90. The molecule has 0 saturated carbocycles. The Bertz CT molecular complexity index is 1200. The van der Waals surface area contributed by atoms with Gasteiger partial charge >= 0.3 is 5.88 Å². The van der Waals surface area contributed by atoms with Crippen molar-refractivity contribution in [2.75, 3.05) is 10.0 Å². The Labute approximate surface area is 166 Å². The maximum Gasteiger partial charge on any atom is 0.433 e. The minimum atomic E-state index is -3.90. The molecule has 0 aliphatic heterocycles. The van der Waals surface area contributed by atoms with Gasteiger partial charge < -0.3 is 9.73 Å². The number of hydrogen-bond acceptors (Lipinski definition) is 6. The van der Waals surface area contributed by atoms with Gasteiger partial charge in [0.25, 0.3) is 15.9 Å². The van der Waals surface area contributed by atoms with Gasteiger partial charge in [-0.3, -0.25) is 19.6 Å². The lowest BCUT2D eigenvalue weighted by Crippen LogP contribution is -2.16. The summed E-state index contributed by atoms with van der Waals surface area (Å²) >= 11 is 0. The summed E-state index contributed by atoms with van der Waals surface area (Å²) in [5.41, 5.74) is 2.00. The highest BCUT2D eigenvalue weighted by atomic mass is 32.2. The summed E-state index contributed by atoms with van der Waals surface area (Å²) in [6.07, 6.45) is 0. The second-order valence-corrected chi connectivity index (χ2v) is 7.96. The maximum absolute atomic E-state index is 12.8. The van der Waals surface area contributed by atoms with Gasteiger partial charge in [-0.1, -0.05) is 18.2 Å². The SMILES string of the molecule is Cc1cccc(NS(=O)(=O)c2cc(NC(=O)c3ccc([N+](=O)[O-])o3)ccc2C)c1. The number of aryl methyl sites for hydroxylation is 2. The van der Waals surface area contributed by atoms with Crippen LogP contribution in [0.3, 0.4) is 0 Å². The summed E-state index contributed by atoms with van der Waals surface area (Å²) < 4.78 is 33.0. The number of hydrogen-bond donors (Lipinski definition) is 2. The molecule has 1 heterocycles. The van der Waals surface area contributed by atoms with Crippen molar-refractivity contribution < 1.29 is 22.6 Å². The number of carbonyl (C=O) groups is 1. The molecule has 0 spiro atoms. The molecule has 3 aromatic rings. The van der Waals surface area contributed by atoms with Gasteiger partial charge in [0.1, 0.15) is 4.92 Å². The van der Waals surface area contributed by atoms with Crippen LogP contribution in [0, 0.1) is 24.0 Å². The van der Waals surface area contributed by atoms with E-state index >= 15 is 0 Å². The molecule has 2 aromatic carbocycles. The Morgan fingerprint density at radius 2 is 1.79 bits per heavy atom. The molecule has 0 aliphatic rings. The van der Waals surface area contributed by atoms with Gasteiger partial charge in [0, 0.05) is 11.4 Å². The highest BCUT2D eigenvalue weighted by Crippen LogP contribution is 2.24. The first-order valence-electron chi connectivity index (χ1n) is 8.41. The predicted octanol–water partition coefficient (Wildman–Crippen LogP) is 3.86. The normalized spacial score (nSPS) is 11.1. The fourth-order valence-corrected chi connectivity index (χ4v) is 3.95. The maximum atomic E-state index is 12.8. The molecule has 10 heteroatoms. The van der Waals surface area contributed by atoms with Crippen molar-refractivity contribution in [2.24, 2.45) is 0 Å². The van der Waals surface area contributed by atoms with Crippen LogP contribution in [-0.4, -0.2) is 19.2 Å². The van der Waals surface area contributed by atoms with Gasteiger partial charge in [-0.2, -0.15) is 0 Å². The largest absolute Gasteiger partial charge is 0.433 e. The second-order valence-electron chi connectivity index (χ2n) is 6.30. The number of amides is 1. The van der Waals surface area contributed by atoms with E-state index in [1.807, 2.05) is 13.0 Å². The third-order valence-corrected chi connectivity index (χ3v) is 5.52. The molecule has 3 rings (SSSR count). The van der Waals surface area contributed by atoms with Crippen LogP contribution in [0.15, 0.2) is 63.9 Å².